The lowest BCUT2D eigenvalue weighted by molar-refractivity contribution is 0.102. The van der Waals surface area contributed by atoms with Crippen LogP contribution in [0.5, 0.6) is 0 Å². The Morgan fingerprint density at radius 3 is 2.82 bits per heavy atom. The molecule has 0 aliphatic carbocycles. The number of amides is 1. The molecule has 144 valence electrons. The molecule has 0 unspecified atom stereocenters. The summed E-state index contributed by atoms with van der Waals surface area (Å²) >= 11 is 6.42. The highest BCUT2D eigenvalue weighted by Gasteiger charge is 2.19. The summed E-state index contributed by atoms with van der Waals surface area (Å²) in [4.78, 5) is 24.3. The van der Waals surface area contributed by atoms with Gasteiger partial charge in [0.25, 0.3) is 11.5 Å². The third-order valence-electron chi connectivity index (χ3n) is 4.94. The molecule has 3 aromatic rings. The van der Waals surface area contributed by atoms with Crippen molar-refractivity contribution in [3.63, 3.8) is 0 Å². The van der Waals surface area contributed by atoms with E-state index in [9.17, 15) is 9.59 Å². The van der Waals surface area contributed by atoms with Gasteiger partial charge in [-0.2, -0.15) is 0 Å². The summed E-state index contributed by atoms with van der Waals surface area (Å²) in [5, 5.41) is 12.0. The Hall–Kier alpha value is -2.93. The smallest absolute Gasteiger partial charge is 0.255 e. The molecule has 7 nitrogen and oxygen atoms in total. The largest absolute Gasteiger partial charge is 0.322 e. The minimum Gasteiger partial charge on any atom is -0.322 e. The second kappa shape index (κ2) is 7.59. The highest BCUT2D eigenvalue weighted by Crippen LogP contribution is 2.31. The minimum absolute atomic E-state index is 0.240. The molecule has 0 bridgehead atoms. The average molecular weight is 398 g/mol. The number of benzene rings is 1. The van der Waals surface area contributed by atoms with Gasteiger partial charge in [0, 0.05) is 49.1 Å². The van der Waals surface area contributed by atoms with Gasteiger partial charge in [0.05, 0.1) is 5.02 Å². The molecule has 0 radical (unpaired) electrons. The first-order valence-corrected chi connectivity index (χ1v) is 9.61. The number of fused-ring (bicyclic) bond motifs is 1. The van der Waals surface area contributed by atoms with Crippen molar-refractivity contribution in [2.45, 2.75) is 32.2 Å². The zero-order valence-electron chi connectivity index (χ0n) is 15.5. The van der Waals surface area contributed by atoms with E-state index >= 15 is 0 Å². The molecule has 4 rings (SSSR count). The van der Waals surface area contributed by atoms with Crippen LogP contribution in [-0.2, 0) is 20.0 Å². The van der Waals surface area contributed by atoms with E-state index in [4.69, 9.17) is 11.6 Å². The fourth-order valence-electron chi connectivity index (χ4n) is 3.35. The Bertz CT molecular complexity index is 1100. The first-order valence-electron chi connectivity index (χ1n) is 9.23. The number of carbonyl (C=O) groups excluding carboxylic acids is 1. The van der Waals surface area contributed by atoms with Crippen molar-refractivity contribution in [2.24, 2.45) is 7.05 Å². The average Bonchev–Trinajstić information content (AvgIpc) is 2.93. The van der Waals surface area contributed by atoms with Crippen LogP contribution >= 0.6 is 11.6 Å². The van der Waals surface area contributed by atoms with Crippen molar-refractivity contribution in [1.82, 2.24) is 19.3 Å². The van der Waals surface area contributed by atoms with E-state index in [1.165, 1.54) is 17.1 Å². The zero-order valence-corrected chi connectivity index (χ0v) is 16.2. The molecule has 0 fully saturated rings. The van der Waals surface area contributed by atoms with Gasteiger partial charge in [-0.05, 0) is 37.1 Å². The number of hydrogen-bond acceptors (Lipinski definition) is 4. The Morgan fingerprint density at radius 1 is 1.14 bits per heavy atom. The first kappa shape index (κ1) is 18.4. The van der Waals surface area contributed by atoms with Gasteiger partial charge < -0.3 is 14.5 Å². The molecular weight excluding hydrogens is 378 g/mol. The van der Waals surface area contributed by atoms with Crippen LogP contribution in [0, 0.1) is 0 Å². The van der Waals surface area contributed by atoms with Crippen LogP contribution in [0.25, 0.3) is 11.4 Å². The number of aryl methyl sites for hydroxylation is 2. The van der Waals surface area contributed by atoms with E-state index in [-0.39, 0.29) is 11.5 Å². The van der Waals surface area contributed by atoms with E-state index in [1.807, 2.05) is 0 Å². The molecule has 1 aliphatic rings. The zero-order chi connectivity index (χ0) is 19.7. The summed E-state index contributed by atoms with van der Waals surface area (Å²) in [6, 6.07) is 8.17. The topological polar surface area (TPSA) is 81.8 Å². The highest BCUT2D eigenvalue weighted by atomic mass is 35.5. The van der Waals surface area contributed by atoms with Crippen LogP contribution in [0.3, 0.4) is 0 Å². The third-order valence-corrected chi connectivity index (χ3v) is 5.27. The molecule has 1 aliphatic heterocycles. The quantitative estimate of drug-likeness (QED) is 0.735. The molecule has 0 saturated heterocycles. The maximum Gasteiger partial charge on any atom is 0.255 e. The summed E-state index contributed by atoms with van der Waals surface area (Å²) in [6.45, 7) is 0.859. The highest BCUT2D eigenvalue weighted by molar-refractivity contribution is 6.33. The number of nitrogens with zero attached hydrogens (tertiary/aromatic N) is 4. The Labute approximate surface area is 167 Å². The summed E-state index contributed by atoms with van der Waals surface area (Å²) in [6.07, 6.45) is 5.83. The van der Waals surface area contributed by atoms with Gasteiger partial charge in [-0.1, -0.05) is 18.0 Å². The van der Waals surface area contributed by atoms with Gasteiger partial charge in [0.1, 0.15) is 5.82 Å². The van der Waals surface area contributed by atoms with E-state index in [1.54, 1.807) is 37.5 Å². The predicted octanol–water partition coefficient (Wildman–Crippen LogP) is 3.28. The number of hydrogen-bond donors (Lipinski definition) is 1. The monoisotopic (exact) mass is 397 g/mol. The van der Waals surface area contributed by atoms with Gasteiger partial charge in [0.2, 0.25) is 0 Å². The number of nitrogens with one attached hydrogen (secondary N) is 1. The first-order chi connectivity index (χ1) is 13.5. The summed E-state index contributed by atoms with van der Waals surface area (Å²) in [5.41, 5.74) is 1.37. The number of anilines is 1. The maximum absolute atomic E-state index is 12.5. The van der Waals surface area contributed by atoms with Crippen molar-refractivity contribution in [2.75, 3.05) is 5.32 Å². The fraction of sp³-hybridized carbons (Fsp3) is 0.300. The molecule has 0 spiro atoms. The lowest BCUT2D eigenvalue weighted by Crippen LogP contribution is -2.20. The molecule has 1 N–H and O–H groups in total. The van der Waals surface area contributed by atoms with Gasteiger partial charge in [-0.3, -0.25) is 9.59 Å². The molecule has 1 aromatic carbocycles. The lowest BCUT2D eigenvalue weighted by Gasteiger charge is -2.11. The normalized spacial score (nSPS) is 13.6. The van der Waals surface area contributed by atoms with Crippen molar-refractivity contribution >= 4 is 23.2 Å². The summed E-state index contributed by atoms with van der Waals surface area (Å²) in [5.74, 6) is 1.33. The second-order valence-electron chi connectivity index (χ2n) is 6.92. The molecular formula is C20H20ClN5O2. The predicted molar refractivity (Wildman–Crippen MR) is 108 cm³/mol. The summed E-state index contributed by atoms with van der Waals surface area (Å²) < 4.78 is 3.52. The van der Waals surface area contributed by atoms with Crippen LogP contribution < -0.4 is 10.9 Å². The molecule has 28 heavy (non-hydrogen) atoms. The molecule has 0 atom stereocenters. The fourth-order valence-corrected chi connectivity index (χ4v) is 3.55. The SMILES string of the molecule is Cn1ccc(C(=O)Nc2ccc(Cl)c(-c3nnc4n3CCCCC4)c2)cc1=O. The van der Waals surface area contributed by atoms with E-state index < -0.39 is 0 Å². The van der Waals surface area contributed by atoms with Crippen LogP contribution in [0.15, 0.2) is 41.3 Å². The third kappa shape index (κ3) is 3.57. The number of halogens is 1. The Balaban J connectivity index is 1.64. The van der Waals surface area contributed by atoms with Crippen LogP contribution in [0.1, 0.15) is 35.4 Å². The van der Waals surface area contributed by atoms with E-state index in [0.717, 1.165) is 37.2 Å². The lowest BCUT2D eigenvalue weighted by atomic mass is 10.1. The number of aromatic nitrogens is 4. The maximum atomic E-state index is 12.5. The van der Waals surface area contributed by atoms with Crippen molar-refractivity contribution in [3.05, 3.63) is 63.3 Å². The molecule has 0 saturated carbocycles. The van der Waals surface area contributed by atoms with E-state index in [0.29, 0.717) is 22.1 Å². The molecule has 3 heterocycles. The van der Waals surface area contributed by atoms with Gasteiger partial charge in [-0.25, -0.2) is 0 Å². The molecule has 8 heteroatoms. The second-order valence-corrected chi connectivity index (χ2v) is 7.32. The van der Waals surface area contributed by atoms with Crippen LogP contribution in [0.4, 0.5) is 5.69 Å². The van der Waals surface area contributed by atoms with Gasteiger partial charge >= 0.3 is 0 Å². The van der Waals surface area contributed by atoms with Crippen LogP contribution in [0.2, 0.25) is 5.02 Å². The number of carbonyl (C=O) groups is 1. The van der Waals surface area contributed by atoms with Crippen molar-refractivity contribution < 1.29 is 4.79 Å². The summed E-state index contributed by atoms with van der Waals surface area (Å²) in [7, 11) is 1.64. The van der Waals surface area contributed by atoms with Gasteiger partial charge in [0.15, 0.2) is 5.82 Å². The number of rotatable bonds is 3. The standard InChI is InChI=1S/C20H20ClN5O2/c1-25-10-8-13(11-18(25)27)20(28)22-14-6-7-16(21)15(12-14)19-24-23-17-5-3-2-4-9-26(17)19/h6-8,10-12H,2-5,9H2,1H3,(H,22,28). The Morgan fingerprint density at radius 2 is 2.00 bits per heavy atom. The minimum atomic E-state index is -0.356. The number of pyridine rings is 1. The molecule has 1 amide bonds. The van der Waals surface area contributed by atoms with Gasteiger partial charge in [-0.15, -0.1) is 10.2 Å². The van der Waals surface area contributed by atoms with E-state index in [2.05, 4.69) is 20.1 Å². The van der Waals surface area contributed by atoms with Crippen LogP contribution in [-0.4, -0.2) is 25.2 Å². The van der Waals surface area contributed by atoms with Crippen molar-refractivity contribution in [1.29, 1.82) is 0 Å². The van der Waals surface area contributed by atoms with Crippen molar-refractivity contribution in [3.8, 4) is 11.4 Å². The molecule has 2 aromatic heterocycles. The Kier molecular flexibility index (Phi) is 5.00.